The molecule has 2 aromatic carbocycles. The molecule has 3 nitrogen and oxygen atoms in total. The Kier molecular flexibility index (Phi) is 5.69. The Balaban J connectivity index is 1.84. The van der Waals surface area contributed by atoms with Gasteiger partial charge >= 0.3 is 0 Å². The molecule has 4 heteroatoms. The molecule has 0 aromatic heterocycles. The number of anilines is 1. The molecule has 0 aliphatic carbocycles. The van der Waals surface area contributed by atoms with Crippen molar-refractivity contribution >= 4 is 23.4 Å². The van der Waals surface area contributed by atoms with E-state index < -0.39 is 0 Å². The molecule has 0 heterocycles. The minimum Gasteiger partial charge on any atom is -0.376 e. The summed E-state index contributed by atoms with van der Waals surface area (Å²) in [4.78, 5) is 15.1. The molecule has 21 heavy (non-hydrogen) atoms. The number of nitrogens with zero attached hydrogens (tertiary/aromatic N) is 1. The van der Waals surface area contributed by atoms with Crippen molar-refractivity contribution in [2.45, 2.75) is 11.4 Å². The van der Waals surface area contributed by atoms with E-state index in [2.05, 4.69) is 35.8 Å². The number of rotatable bonds is 6. The summed E-state index contributed by atoms with van der Waals surface area (Å²) in [5.41, 5.74) is 2.10. The molecule has 0 spiro atoms. The van der Waals surface area contributed by atoms with E-state index in [4.69, 9.17) is 0 Å². The van der Waals surface area contributed by atoms with E-state index in [0.29, 0.717) is 13.1 Å². The first kappa shape index (κ1) is 15.4. The van der Waals surface area contributed by atoms with Gasteiger partial charge in [0.25, 0.3) is 0 Å². The van der Waals surface area contributed by atoms with Crippen molar-refractivity contribution in [1.29, 1.82) is 0 Å². The predicted octanol–water partition coefficient (Wildman–Crippen LogP) is 3.48. The summed E-state index contributed by atoms with van der Waals surface area (Å²) in [5, 5.41) is 3.13. The number of para-hydroxylation sites is 1. The molecule has 0 bridgehead atoms. The van der Waals surface area contributed by atoms with E-state index in [-0.39, 0.29) is 5.91 Å². The molecule has 0 aliphatic rings. The van der Waals surface area contributed by atoms with Crippen LogP contribution in [0.4, 0.5) is 5.69 Å². The number of likely N-dealkylation sites (N-methyl/N-ethyl adjacent to an activating group) is 1. The molecule has 0 aliphatic heterocycles. The molecule has 0 radical (unpaired) electrons. The molecule has 0 saturated heterocycles. The van der Waals surface area contributed by atoms with Gasteiger partial charge in [-0.3, -0.25) is 4.79 Å². The zero-order chi connectivity index (χ0) is 15.1. The standard InChI is InChI=1S/C17H20N2OS/c1-19(13-14-8-10-16(21-2)11-9-14)17(20)12-18-15-6-4-3-5-7-15/h3-11,18H,12-13H2,1-2H3. The number of carbonyl (C=O) groups excluding carboxylic acids is 1. The van der Waals surface area contributed by atoms with Crippen LogP contribution < -0.4 is 5.32 Å². The van der Waals surface area contributed by atoms with Crippen molar-refractivity contribution < 1.29 is 4.79 Å². The van der Waals surface area contributed by atoms with Gasteiger partial charge in [-0.05, 0) is 36.1 Å². The van der Waals surface area contributed by atoms with Crippen molar-refractivity contribution in [2.75, 3.05) is 25.2 Å². The van der Waals surface area contributed by atoms with Gasteiger partial charge in [0, 0.05) is 24.2 Å². The van der Waals surface area contributed by atoms with Crippen LogP contribution in [0.1, 0.15) is 5.56 Å². The average Bonchev–Trinajstić information content (AvgIpc) is 2.54. The van der Waals surface area contributed by atoms with Crippen LogP contribution in [0, 0.1) is 0 Å². The summed E-state index contributed by atoms with van der Waals surface area (Å²) < 4.78 is 0. The molecule has 0 unspecified atom stereocenters. The van der Waals surface area contributed by atoms with Gasteiger partial charge in [-0.1, -0.05) is 30.3 Å². The van der Waals surface area contributed by atoms with Gasteiger partial charge in [-0.2, -0.15) is 0 Å². The Labute approximate surface area is 130 Å². The molecule has 0 fully saturated rings. The number of hydrogen-bond donors (Lipinski definition) is 1. The highest BCUT2D eigenvalue weighted by atomic mass is 32.2. The second-order valence-electron chi connectivity index (χ2n) is 4.82. The summed E-state index contributed by atoms with van der Waals surface area (Å²) in [5.74, 6) is 0.0767. The van der Waals surface area contributed by atoms with Gasteiger partial charge in [-0.15, -0.1) is 11.8 Å². The Bertz CT molecular complexity index is 569. The number of nitrogens with one attached hydrogen (secondary N) is 1. The number of carbonyl (C=O) groups is 1. The first-order valence-corrected chi connectivity index (χ1v) is 8.07. The fourth-order valence-electron chi connectivity index (χ4n) is 1.96. The van der Waals surface area contributed by atoms with Crippen LogP contribution in [0.5, 0.6) is 0 Å². The maximum atomic E-state index is 12.1. The second kappa shape index (κ2) is 7.74. The Morgan fingerprint density at radius 3 is 2.38 bits per heavy atom. The third-order valence-electron chi connectivity index (χ3n) is 3.22. The van der Waals surface area contributed by atoms with Crippen molar-refractivity contribution in [3.63, 3.8) is 0 Å². The lowest BCUT2D eigenvalue weighted by atomic mass is 10.2. The van der Waals surface area contributed by atoms with Crippen LogP contribution >= 0.6 is 11.8 Å². The van der Waals surface area contributed by atoms with Gasteiger partial charge in [0.2, 0.25) is 5.91 Å². The van der Waals surface area contributed by atoms with Crippen LogP contribution in [0.2, 0.25) is 0 Å². The topological polar surface area (TPSA) is 32.3 Å². The van der Waals surface area contributed by atoms with Crippen LogP contribution in [0.25, 0.3) is 0 Å². The smallest absolute Gasteiger partial charge is 0.241 e. The zero-order valence-electron chi connectivity index (χ0n) is 12.4. The molecular formula is C17H20N2OS. The van der Waals surface area contributed by atoms with Crippen LogP contribution in [0.15, 0.2) is 59.5 Å². The molecule has 2 rings (SSSR count). The summed E-state index contributed by atoms with van der Waals surface area (Å²) >= 11 is 1.72. The van der Waals surface area contributed by atoms with Crippen LogP contribution in [0.3, 0.4) is 0 Å². The average molecular weight is 300 g/mol. The normalized spacial score (nSPS) is 10.2. The van der Waals surface area contributed by atoms with E-state index >= 15 is 0 Å². The molecule has 110 valence electrons. The van der Waals surface area contributed by atoms with E-state index in [0.717, 1.165) is 11.3 Å². The molecule has 2 aromatic rings. The highest BCUT2D eigenvalue weighted by molar-refractivity contribution is 7.98. The Morgan fingerprint density at radius 2 is 1.76 bits per heavy atom. The minimum absolute atomic E-state index is 0.0767. The van der Waals surface area contributed by atoms with E-state index in [1.807, 2.05) is 37.4 Å². The Morgan fingerprint density at radius 1 is 1.10 bits per heavy atom. The first-order valence-electron chi connectivity index (χ1n) is 6.85. The lowest BCUT2D eigenvalue weighted by molar-refractivity contribution is -0.128. The summed E-state index contributed by atoms with van der Waals surface area (Å²) in [6.07, 6.45) is 2.06. The maximum absolute atomic E-state index is 12.1. The zero-order valence-corrected chi connectivity index (χ0v) is 13.2. The summed E-state index contributed by atoms with van der Waals surface area (Å²) in [7, 11) is 1.83. The number of amides is 1. The second-order valence-corrected chi connectivity index (χ2v) is 5.70. The number of thioether (sulfide) groups is 1. The SMILES string of the molecule is CSc1ccc(CN(C)C(=O)CNc2ccccc2)cc1. The number of hydrogen-bond acceptors (Lipinski definition) is 3. The van der Waals surface area contributed by atoms with E-state index in [9.17, 15) is 4.79 Å². The fourth-order valence-corrected chi connectivity index (χ4v) is 2.37. The monoisotopic (exact) mass is 300 g/mol. The first-order chi connectivity index (χ1) is 10.2. The predicted molar refractivity (Wildman–Crippen MR) is 89.6 cm³/mol. The fraction of sp³-hybridized carbons (Fsp3) is 0.235. The maximum Gasteiger partial charge on any atom is 0.241 e. The number of benzene rings is 2. The molecule has 0 atom stereocenters. The van der Waals surface area contributed by atoms with Gasteiger partial charge < -0.3 is 10.2 Å². The summed E-state index contributed by atoms with van der Waals surface area (Å²) in [6.45, 7) is 0.938. The highest BCUT2D eigenvalue weighted by Gasteiger charge is 2.08. The third kappa shape index (κ3) is 4.83. The summed E-state index contributed by atoms with van der Waals surface area (Å²) in [6, 6.07) is 18.1. The minimum atomic E-state index is 0.0767. The van der Waals surface area contributed by atoms with Gasteiger partial charge in [0.1, 0.15) is 0 Å². The van der Waals surface area contributed by atoms with Crippen molar-refractivity contribution in [3.8, 4) is 0 Å². The van der Waals surface area contributed by atoms with Crippen molar-refractivity contribution in [2.24, 2.45) is 0 Å². The van der Waals surface area contributed by atoms with Gasteiger partial charge in [0.05, 0.1) is 6.54 Å². The molecule has 1 N–H and O–H groups in total. The van der Waals surface area contributed by atoms with Crippen molar-refractivity contribution in [3.05, 3.63) is 60.2 Å². The van der Waals surface area contributed by atoms with Crippen LogP contribution in [-0.2, 0) is 11.3 Å². The van der Waals surface area contributed by atoms with Crippen molar-refractivity contribution in [1.82, 2.24) is 4.90 Å². The molecule has 1 amide bonds. The quantitative estimate of drug-likeness (QED) is 0.829. The largest absolute Gasteiger partial charge is 0.376 e. The van der Waals surface area contributed by atoms with Gasteiger partial charge in [0.15, 0.2) is 0 Å². The Hall–Kier alpha value is -1.94. The van der Waals surface area contributed by atoms with Gasteiger partial charge in [-0.25, -0.2) is 0 Å². The molecule has 0 saturated carbocycles. The lowest BCUT2D eigenvalue weighted by Crippen LogP contribution is -2.31. The van der Waals surface area contributed by atoms with E-state index in [1.165, 1.54) is 4.90 Å². The third-order valence-corrected chi connectivity index (χ3v) is 3.97. The highest BCUT2D eigenvalue weighted by Crippen LogP contribution is 2.15. The van der Waals surface area contributed by atoms with Crippen LogP contribution in [-0.4, -0.2) is 30.7 Å². The molecular weight excluding hydrogens is 280 g/mol. The van der Waals surface area contributed by atoms with E-state index in [1.54, 1.807) is 16.7 Å². The lowest BCUT2D eigenvalue weighted by Gasteiger charge is -2.18.